The number of nitrogens with one attached hydrogen (secondary N) is 5. The largest absolute Gasteiger partial charge is 0.444 e. The minimum Gasteiger partial charge on any atom is -0.444 e. The van der Waals surface area contributed by atoms with Crippen molar-refractivity contribution in [3.63, 3.8) is 0 Å². The van der Waals surface area contributed by atoms with Gasteiger partial charge < -0.3 is 35.2 Å². The molecule has 0 radical (unpaired) electrons. The quantitative estimate of drug-likeness (QED) is 0.0976. The van der Waals surface area contributed by atoms with Crippen molar-refractivity contribution in [2.75, 3.05) is 39.3 Å². The molecule has 3 aliphatic rings. The molecule has 0 saturated carbocycles. The van der Waals surface area contributed by atoms with Crippen LogP contribution in [0, 0.1) is 17.8 Å². The Balaban J connectivity index is 0.000000123. The zero-order valence-electron chi connectivity index (χ0n) is 38.7. The van der Waals surface area contributed by atoms with Crippen LogP contribution in [0.25, 0.3) is 65.2 Å². The Morgan fingerprint density at radius 1 is 0.571 bits per heavy atom. The number of thiophene rings is 3. The van der Waals surface area contributed by atoms with Gasteiger partial charge in [0.2, 0.25) is 0 Å². The average Bonchev–Trinajstić information content (AvgIpc) is 4.05. The van der Waals surface area contributed by atoms with E-state index in [1.165, 1.54) is 45.1 Å². The van der Waals surface area contributed by atoms with Gasteiger partial charge in [-0.05, 0) is 153 Å². The number of nitrogens with zero attached hydrogens (tertiary/aromatic N) is 7. The highest BCUT2D eigenvalue weighted by molar-refractivity contribution is 7.17. The number of fused-ring (bicyclic) bond motifs is 3. The zero-order chi connectivity index (χ0) is 48.4. The van der Waals surface area contributed by atoms with E-state index in [9.17, 15) is 19.2 Å². The molecule has 0 unspecified atom stereocenters. The molecule has 0 spiro atoms. The first-order valence-corrected chi connectivity index (χ1v) is 25.7. The van der Waals surface area contributed by atoms with Gasteiger partial charge in [0, 0.05) is 31.7 Å². The van der Waals surface area contributed by atoms with Crippen molar-refractivity contribution in [3.05, 3.63) is 137 Å². The molecular formula is C50H50N12O5S3. The number of rotatable bonds is 9. The van der Waals surface area contributed by atoms with Gasteiger partial charge in [-0.3, -0.25) is 29.3 Å². The molecule has 3 aliphatic heterocycles. The van der Waals surface area contributed by atoms with Crippen LogP contribution in [0.4, 0.5) is 4.79 Å². The highest BCUT2D eigenvalue weighted by Gasteiger charge is 2.34. The van der Waals surface area contributed by atoms with Crippen LogP contribution < -0.4 is 27.3 Å². The molecule has 70 heavy (non-hydrogen) atoms. The maximum atomic E-state index is 12.4. The van der Waals surface area contributed by atoms with Crippen molar-refractivity contribution >= 4 is 70.8 Å². The van der Waals surface area contributed by atoms with E-state index in [2.05, 4.69) is 66.2 Å². The van der Waals surface area contributed by atoms with Crippen LogP contribution >= 0.6 is 34.0 Å². The summed E-state index contributed by atoms with van der Waals surface area (Å²) in [5.41, 5.74) is 7.00. The molecule has 5 N–H and O–H groups in total. The number of H-pyrrole nitrogens is 3. The number of aromatic amines is 3. The number of likely N-dealkylation sites (tertiary alicyclic amines) is 1. The molecule has 9 aromatic rings. The molecule has 9 aromatic heterocycles. The van der Waals surface area contributed by atoms with Crippen LogP contribution in [0.3, 0.4) is 0 Å². The predicted molar refractivity (Wildman–Crippen MR) is 276 cm³/mol. The van der Waals surface area contributed by atoms with Crippen LogP contribution in [-0.4, -0.2) is 101 Å². The molecule has 3 fully saturated rings. The summed E-state index contributed by atoms with van der Waals surface area (Å²) < 4.78 is 7.43. The van der Waals surface area contributed by atoms with E-state index in [0.717, 1.165) is 67.6 Å². The Morgan fingerprint density at radius 3 is 1.23 bits per heavy atom. The van der Waals surface area contributed by atoms with Crippen LogP contribution in [-0.2, 0) is 24.0 Å². The number of carbonyl (C=O) groups is 1. The number of ether oxygens (including phenoxy) is 1. The van der Waals surface area contributed by atoms with E-state index in [4.69, 9.17) is 4.74 Å². The molecule has 358 valence electrons. The second-order valence-electron chi connectivity index (χ2n) is 18.6. The Hall–Kier alpha value is -6.84. The van der Waals surface area contributed by atoms with E-state index >= 15 is 0 Å². The second kappa shape index (κ2) is 20.2. The third kappa shape index (κ3) is 10.5. The number of pyridine rings is 3. The predicted octanol–water partition coefficient (Wildman–Crippen LogP) is 7.07. The first-order valence-electron chi connectivity index (χ1n) is 23.1. The van der Waals surface area contributed by atoms with Crippen molar-refractivity contribution in [2.24, 2.45) is 17.8 Å². The standard InChI is InChI=1S/C20H22N4O3S.2C15H14N4OS/c1-20(2,3)27-19(26)24-9-12(10-24)8-13-11-28-16-15(13)22-17(23-18(16)25)14-6-4-5-7-21-14;2*20-15-13-12(10(8-21-13)5-9-6-16-7-9)18-14(19-15)11-3-1-2-4-17-11/h4-7,11-12H,8-10H2,1-3H3,(H,22,23,25);2*1-4,8-9,16H,5-7H2,(H,18,19,20). The summed E-state index contributed by atoms with van der Waals surface area (Å²) in [5, 5.41) is 12.7. The normalized spacial score (nSPS) is 15.1. The van der Waals surface area contributed by atoms with Crippen LogP contribution in [0.5, 0.6) is 0 Å². The highest BCUT2D eigenvalue weighted by Crippen LogP contribution is 2.31. The van der Waals surface area contributed by atoms with Crippen LogP contribution in [0.1, 0.15) is 37.5 Å². The van der Waals surface area contributed by atoms with Gasteiger partial charge in [0.05, 0.1) is 16.6 Å². The first-order chi connectivity index (χ1) is 33.9. The summed E-state index contributed by atoms with van der Waals surface area (Å²) >= 11 is 4.35. The minimum atomic E-state index is -0.488. The lowest BCUT2D eigenvalue weighted by Gasteiger charge is -2.39. The monoisotopic (exact) mass is 994 g/mol. The van der Waals surface area contributed by atoms with Gasteiger partial charge in [-0.1, -0.05) is 18.2 Å². The Bertz CT molecular complexity index is 3320. The average molecular weight is 995 g/mol. The lowest BCUT2D eigenvalue weighted by atomic mass is 9.93. The molecule has 17 nitrogen and oxygen atoms in total. The molecule has 0 aliphatic carbocycles. The second-order valence-corrected chi connectivity index (χ2v) is 21.3. The van der Waals surface area contributed by atoms with Gasteiger partial charge >= 0.3 is 6.09 Å². The van der Waals surface area contributed by atoms with E-state index in [1.54, 1.807) is 23.5 Å². The molecule has 3 saturated heterocycles. The number of hydrogen-bond acceptors (Lipinski definition) is 16. The summed E-state index contributed by atoms with van der Waals surface area (Å²) in [4.78, 5) is 85.9. The molecule has 0 aromatic carbocycles. The zero-order valence-corrected chi connectivity index (χ0v) is 41.1. The van der Waals surface area contributed by atoms with Crippen molar-refractivity contribution in [2.45, 2.75) is 45.6 Å². The SMILES string of the molecule is CC(C)(C)OC(=O)N1CC(Cc2csc3c(=O)[nH]c(-c4ccccn4)nc23)C1.O=c1[nH]c(-c2ccccn2)nc2c(CC3CNC3)csc12.O=c1[nH]c(-c2ccccn2)nc2c(CC3CNC3)csc12. The third-order valence-electron chi connectivity index (χ3n) is 12.1. The molecule has 12 heterocycles. The van der Waals surface area contributed by atoms with E-state index in [-0.39, 0.29) is 22.8 Å². The van der Waals surface area contributed by atoms with Gasteiger partial charge in [-0.2, -0.15) is 0 Å². The Kier molecular flexibility index (Phi) is 13.6. The van der Waals surface area contributed by atoms with E-state index in [0.29, 0.717) is 79.5 Å². The Labute approximate surface area is 412 Å². The highest BCUT2D eigenvalue weighted by atomic mass is 32.1. The molecule has 1 amide bonds. The molecule has 12 rings (SSSR count). The smallest absolute Gasteiger partial charge is 0.410 e. The number of hydrogen-bond donors (Lipinski definition) is 5. The minimum absolute atomic E-state index is 0.0800. The maximum absolute atomic E-state index is 12.4. The summed E-state index contributed by atoms with van der Waals surface area (Å²) in [6.07, 6.45) is 7.54. The third-order valence-corrected chi connectivity index (χ3v) is 15.1. The lowest BCUT2D eigenvalue weighted by Crippen LogP contribution is -2.52. The van der Waals surface area contributed by atoms with Crippen molar-refractivity contribution in [3.8, 4) is 34.6 Å². The fraction of sp³-hybridized carbons (Fsp3) is 0.320. The van der Waals surface area contributed by atoms with Crippen molar-refractivity contribution in [1.82, 2.24) is 60.4 Å². The topological polar surface area (TPSA) is 230 Å². The van der Waals surface area contributed by atoms with Gasteiger partial charge in [-0.15, -0.1) is 34.0 Å². The van der Waals surface area contributed by atoms with Crippen molar-refractivity contribution < 1.29 is 9.53 Å². The fourth-order valence-electron chi connectivity index (χ4n) is 8.33. The Morgan fingerprint density at radius 2 is 0.929 bits per heavy atom. The summed E-state index contributed by atoms with van der Waals surface area (Å²) in [6, 6.07) is 16.7. The fourth-order valence-corrected chi connectivity index (χ4v) is 11.1. The number of aromatic nitrogens is 9. The molecule has 20 heteroatoms. The molecule has 0 bridgehead atoms. The van der Waals surface area contributed by atoms with Gasteiger partial charge in [-0.25, -0.2) is 19.7 Å². The summed E-state index contributed by atoms with van der Waals surface area (Å²) in [6.45, 7) is 11.1. The van der Waals surface area contributed by atoms with Gasteiger partial charge in [0.1, 0.15) is 36.8 Å². The number of carbonyl (C=O) groups excluding carboxylic acids is 1. The van der Waals surface area contributed by atoms with Crippen LogP contribution in [0.15, 0.2) is 104 Å². The molecular weight excluding hydrogens is 945 g/mol. The first kappa shape index (κ1) is 46.9. The summed E-state index contributed by atoms with van der Waals surface area (Å²) in [7, 11) is 0. The number of amides is 1. The van der Waals surface area contributed by atoms with Gasteiger partial charge in [0.15, 0.2) is 17.5 Å². The lowest BCUT2D eigenvalue weighted by molar-refractivity contribution is -0.000836. The molecule has 0 atom stereocenters. The summed E-state index contributed by atoms with van der Waals surface area (Å²) in [5.74, 6) is 3.20. The van der Waals surface area contributed by atoms with Crippen LogP contribution in [0.2, 0.25) is 0 Å². The van der Waals surface area contributed by atoms with E-state index < -0.39 is 5.60 Å². The van der Waals surface area contributed by atoms with E-state index in [1.807, 2.05) is 80.7 Å². The van der Waals surface area contributed by atoms with Crippen molar-refractivity contribution in [1.29, 1.82) is 0 Å². The maximum Gasteiger partial charge on any atom is 0.410 e. The van der Waals surface area contributed by atoms with Gasteiger partial charge in [0.25, 0.3) is 16.7 Å².